The summed E-state index contributed by atoms with van der Waals surface area (Å²) in [5.74, 6) is 0.696. The lowest BCUT2D eigenvalue weighted by Gasteiger charge is -2.16. The van der Waals surface area contributed by atoms with Crippen LogP contribution in [0, 0.1) is 5.92 Å². The molecule has 2 aromatic rings. The molecule has 0 spiro atoms. The van der Waals surface area contributed by atoms with Gasteiger partial charge in [0.05, 0.1) is 0 Å². The smallest absolute Gasteiger partial charge is 0.0403 e. The van der Waals surface area contributed by atoms with Gasteiger partial charge in [-0.1, -0.05) is 76.0 Å². The van der Waals surface area contributed by atoms with Gasteiger partial charge in [-0.25, -0.2) is 0 Å². The largest absolute Gasteiger partial charge is 0.0838 e. The van der Waals surface area contributed by atoms with Crippen molar-refractivity contribution in [2.24, 2.45) is 5.92 Å². The Morgan fingerprint density at radius 3 is 2.29 bits per heavy atom. The van der Waals surface area contributed by atoms with Crippen molar-refractivity contribution in [3.63, 3.8) is 0 Å². The van der Waals surface area contributed by atoms with Crippen molar-refractivity contribution in [2.45, 2.75) is 25.1 Å². The maximum atomic E-state index is 3.82. The van der Waals surface area contributed by atoms with Crippen LogP contribution in [0.5, 0.6) is 0 Å². The van der Waals surface area contributed by atoms with E-state index in [1.54, 1.807) is 0 Å². The molecule has 0 saturated carbocycles. The molecule has 0 amide bonds. The summed E-state index contributed by atoms with van der Waals surface area (Å²) in [5.41, 5.74) is 1.39. The Labute approximate surface area is 120 Å². The summed E-state index contributed by atoms with van der Waals surface area (Å²) >= 11 is 7.43. The van der Waals surface area contributed by atoms with Gasteiger partial charge in [-0.15, -0.1) is 0 Å². The molecule has 0 aliphatic heterocycles. The number of halogens is 2. The molecule has 0 radical (unpaired) electrons. The summed E-state index contributed by atoms with van der Waals surface area (Å²) in [6, 6.07) is 12.9. The van der Waals surface area contributed by atoms with Gasteiger partial charge in [0.25, 0.3) is 0 Å². The van der Waals surface area contributed by atoms with E-state index in [2.05, 4.69) is 82.1 Å². The third kappa shape index (κ3) is 2.92. The van der Waals surface area contributed by atoms with Crippen LogP contribution >= 0.6 is 31.9 Å². The Bertz CT molecular complexity index is 517. The molecule has 0 fully saturated rings. The molecule has 1 unspecified atom stereocenters. The number of rotatable bonds is 3. The van der Waals surface area contributed by atoms with Crippen molar-refractivity contribution in [1.82, 2.24) is 0 Å². The molecule has 2 rings (SSSR count). The summed E-state index contributed by atoms with van der Waals surface area (Å²) in [4.78, 5) is 0.431. The zero-order valence-corrected chi connectivity index (χ0v) is 13.3. The van der Waals surface area contributed by atoms with Crippen LogP contribution in [-0.2, 0) is 0 Å². The molecule has 0 N–H and O–H groups in total. The molecular formula is C15H16Br2. The molecule has 0 aliphatic rings. The highest BCUT2D eigenvalue weighted by atomic mass is 79.9. The summed E-state index contributed by atoms with van der Waals surface area (Å²) < 4.78 is 1.17. The number of benzene rings is 2. The standard InChI is InChI=1S/C15H16Br2/c1-10(2)9-15(17)13-7-8-14(16)12-6-4-3-5-11(12)13/h3-8,10,15H,9H2,1-2H3. The minimum absolute atomic E-state index is 0.431. The van der Waals surface area contributed by atoms with E-state index in [-0.39, 0.29) is 0 Å². The monoisotopic (exact) mass is 354 g/mol. The van der Waals surface area contributed by atoms with Gasteiger partial charge in [0.2, 0.25) is 0 Å². The van der Waals surface area contributed by atoms with Gasteiger partial charge >= 0.3 is 0 Å². The predicted molar refractivity (Wildman–Crippen MR) is 82.8 cm³/mol. The zero-order valence-electron chi connectivity index (χ0n) is 10.1. The lowest BCUT2D eigenvalue weighted by atomic mass is 9.97. The molecule has 0 bridgehead atoms. The van der Waals surface area contributed by atoms with Crippen molar-refractivity contribution in [3.05, 3.63) is 46.4 Å². The first-order valence-electron chi connectivity index (χ1n) is 5.91. The summed E-state index contributed by atoms with van der Waals surface area (Å²) in [7, 11) is 0. The average Bonchev–Trinajstić information content (AvgIpc) is 2.29. The van der Waals surface area contributed by atoms with E-state index < -0.39 is 0 Å². The predicted octanol–water partition coefficient (Wildman–Crippen LogP) is 6.08. The van der Waals surface area contributed by atoms with Gasteiger partial charge < -0.3 is 0 Å². The Balaban J connectivity index is 2.51. The molecular weight excluding hydrogens is 340 g/mol. The summed E-state index contributed by atoms with van der Waals surface area (Å²) in [6.07, 6.45) is 1.16. The van der Waals surface area contributed by atoms with Crippen LogP contribution in [-0.4, -0.2) is 0 Å². The van der Waals surface area contributed by atoms with Crippen molar-refractivity contribution < 1.29 is 0 Å². The fourth-order valence-corrected chi connectivity index (χ4v) is 3.72. The van der Waals surface area contributed by atoms with Crippen molar-refractivity contribution in [2.75, 3.05) is 0 Å². The Hall–Kier alpha value is -0.340. The highest BCUT2D eigenvalue weighted by Crippen LogP contribution is 2.36. The first-order valence-corrected chi connectivity index (χ1v) is 7.61. The first-order chi connectivity index (χ1) is 8.09. The fraction of sp³-hybridized carbons (Fsp3) is 0.333. The third-order valence-electron chi connectivity index (χ3n) is 2.92. The molecule has 0 aliphatic carbocycles. The Kier molecular flexibility index (Phi) is 4.26. The van der Waals surface area contributed by atoms with Gasteiger partial charge in [-0.05, 0) is 34.7 Å². The van der Waals surface area contributed by atoms with Crippen LogP contribution in [0.15, 0.2) is 40.9 Å². The third-order valence-corrected chi connectivity index (χ3v) is 4.48. The zero-order chi connectivity index (χ0) is 12.4. The second-order valence-corrected chi connectivity index (χ2v) is 6.74. The molecule has 0 nitrogen and oxygen atoms in total. The minimum Gasteiger partial charge on any atom is -0.0838 e. The average molecular weight is 356 g/mol. The SMILES string of the molecule is CC(C)CC(Br)c1ccc(Br)c2ccccc12. The molecule has 0 saturated heterocycles. The second-order valence-electron chi connectivity index (χ2n) is 4.78. The van der Waals surface area contributed by atoms with Crippen molar-refractivity contribution in [1.29, 1.82) is 0 Å². The second kappa shape index (κ2) is 5.53. The number of hydrogen-bond donors (Lipinski definition) is 0. The van der Waals surface area contributed by atoms with E-state index in [0.717, 1.165) is 6.42 Å². The van der Waals surface area contributed by atoms with E-state index in [0.29, 0.717) is 10.7 Å². The molecule has 1 atom stereocenters. The fourth-order valence-electron chi connectivity index (χ4n) is 2.10. The molecule has 2 aromatic carbocycles. The van der Waals surface area contributed by atoms with Crippen LogP contribution in [0.4, 0.5) is 0 Å². The summed E-state index contributed by atoms with van der Waals surface area (Å²) in [6.45, 7) is 4.52. The van der Waals surface area contributed by atoms with E-state index in [4.69, 9.17) is 0 Å². The molecule has 2 heteroatoms. The summed E-state index contributed by atoms with van der Waals surface area (Å²) in [5, 5.41) is 2.63. The van der Waals surface area contributed by atoms with Crippen LogP contribution < -0.4 is 0 Å². The van der Waals surface area contributed by atoms with Crippen molar-refractivity contribution in [3.8, 4) is 0 Å². The van der Waals surface area contributed by atoms with Crippen LogP contribution in [0.1, 0.15) is 30.7 Å². The first kappa shape index (κ1) is 13.1. The highest BCUT2D eigenvalue weighted by Gasteiger charge is 2.13. The number of fused-ring (bicyclic) bond motifs is 1. The Morgan fingerprint density at radius 1 is 1.00 bits per heavy atom. The molecule has 17 heavy (non-hydrogen) atoms. The van der Waals surface area contributed by atoms with Gasteiger partial charge in [0.1, 0.15) is 0 Å². The van der Waals surface area contributed by atoms with E-state index in [1.807, 2.05) is 0 Å². The lowest BCUT2D eigenvalue weighted by molar-refractivity contribution is 0.585. The van der Waals surface area contributed by atoms with Crippen molar-refractivity contribution >= 4 is 42.6 Å². The van der Waals surface area contributed by atoms with Gasteiger partial charge in [-0.2, -0.15) is 0 Å². The van der Waals surface area contributed by atoms with E-state index >= 15 is 0 Å². The van der Waals surface area contributed by atoms with Crippen LogP contribution in [0.3, 0.4) is 0 Å². The number of hydrogen-bond acceptors (Lipinski definition) is 0. The molecule has 90 valence electrons. The molecule has 0 aromatic heterocycles. The van der Waals surface area contributed by atoms with E-state index in [1.165, 1.54) is 20.8 Å². The topological polar surface area (TPSA) is 0 Å². The highest BCUT2D eigenvalue weighted by molar-refractivity contribution is 9.10. The van der Waals surface area contributed by atoms with Gasteiger partial charge in [-0.3, -0.25) is 0 Å². The molecule has 0 heterocycles. The van der Waals surface area contributed by atoms with Gasteiger partial charge in [0.15, 0.2) is 0 Å². The minimum atomic E-state index is 0.431. The normalized spacial score (nSPS) is 13.2. The van der Waals surface area contributed by atoms with Gasteiger partial charge in [0, 0.05) is 9.30 Å². The maximum absolute atomic E-state index is 3.82. The quantitative estimate of drug-likeness (QED) is 0.585. The number of alkyl halides is 1. The maximum Gasteiger partial charge on any atom is 0.0403 e. The Morgan fingerprint density at radius 2 is 1.65 bits per heavy atom. The van der Waals surface area contributed by atoms with Crippen LogP contribution in [0.2, 0.25) is 0 Å². The van der Waals surface area contributed by atoms with E-state index in [9.17, 15) is 0 Å². The lowest BCUT2D eigenvalue weighted by Crippen LogP contribution is -1.97. The van der Waals surface area contributed by atoms with Crippen LogP contribution in [0.25, 0.3) is 10.8 Å².